The van der Waals surface area contributed by atoms with Crippen LogP contribution in [0.3, 0.4) is 0 Å². The highest BCUT2D eigenvalue weighted by atomic mass is 79.9. The molecule has 0 aliphatic heterocycles. The van der Waals surface area contributed by atoms with Crippen LogP contribution >= 0.6 is 15.9 Å². The molecule has 100 valence electrons. The molecule has 2 rings (SSSR count). The topological polar surface area (TPSA) is 9.23 Å². The Morgan fingerprint density at radius 2 is 1.63 bits per heavy atom. The minimum absolute atomic E-state index is 0.412. The molecule has 0 aliphatic carbocycles. The van der Waals surface area contributed by atoms with Crippen LogP contribution in [-0.4, -0.2) is 7.11 Å². The quantitative estimate of drug-likeness (QED) is 0.699. The lowest BCUT2D eigenvalue weighted by Crippen LogP contribution is -1.94. The molecule has 0 heterocycles. The lowest BCUT2D eigenvalue weighted by Gasteiger charge is -2.11. The first-order valence-electron chi connectivity index (χ1n) is 6.52. The van der Waals surface area contributed by atoms with Crippen molar-refractivity contribution in [1.29, 1.82) is 0 Å². The molecule has 0 amide bonds. The number of aryl methyl sites for hydroxylation is 2. The normalized spacial score (nSPS) is 12.2. The number of ether oxygens (including phenoxy) is 1. The van der Waals surface area contributed by atoms with Gasteiger partial charge in [-0.3, -0.25) is 0 Å². The molecular formula is C17H19BrO. The van der Waals surface area contributed by atoms with Gasteiger partial charge in [-0.25, -0.2) is 0 Å². The Morgan fingerprint density at radius 3 is 2.21 bits per heavy atom. The molecule has 1 unspecified atom stereocenters. The zero-order valence-electron chi connectivity index (χ0n) is 11.4. The predicted molar refractivity (Wildman–Crippen MR) is 84.2 cm³/mol. The van der Waals surface area contributed by atoms with Crippen LogP contribution in [0.25, 0.3) is 0 Å². The van der Waals surface area contributed by atoms with Gasteiger partial charge in [0.05, 0.1) is 7.11 Å². The molecule has 2 aromatic rings. The Bertz CT molecular complexity index is 502. The summed E-state index contributed by atoms with van der Waals surface area (Å²) >= 11 is 3.77. The molecule has 0 fully saturated rings. The number of alkyl halides is 1. The van der Waals surface area contributed by atoms with E-state index in [1.807, 2.05) is 12.1 Å². The van der Waals surface area contributed by atoms with E-state index < -0.39 is 0 Å². The Balaban J connectivity index is 1.92. The van der Waals surface area contributed by atoms with Crippen molar-refractivity contribution in [1.82, 2.24) is 0 Å². The molecule has 1 atom stereocenters. The van der Waals surface area contributed by atoms with Gasteiger partial charge >= 0.3 is 0 Å². The molecule has 0 bridgehead atoms. The highest BCUT2D eigenvalue weighted by molar-refractivity contribution is 9.09. The van der Waals surface area contributed by atoms with Crippen molar-refractivity contribution in [2.45, 2.75) is 24.6 Å². The molecule has 0 aromatic heterocycles. The molecular weight excluding hydrogens is 300 g/mol. The summed E-state index contributed by atoms with van der Waals surface area (Å²) in [6.45, 7) is 2.12. The van der Waals surface area contributed by atoms with Crippen molar-refractivity contribution in [2.75, 3.05) is 7.11 Å². The van der Waals surface area contributed by atoms with Crippen LogP contribution in [0.1, 0.15) is 27.9 Å². The van der Waals surface area contributed by atoms with E-state index in [9.17, 15) is 0 Å². The van der Waals surface area contributed by atoms with E-state index in [1.54, 1.807) is 7.11 Å². The molecule has 0 saturated carbocycles. The van der Waals surface area contributed by atoms with Crippen LogP contribution < -0.4 is 4.74 Å². The molecule has 0 aliphatic rings. The van der Waals surface area contributed by atoms with Gasteiger partial charge in [0.2, 0.25) is 0 Å². The molecule has 2 aromatic carbocycles. The summed E-state index contributed by atoms with van der Waals surface area (Å²) in [6, 6.07) is 17.0. The Morgan fingerprint density at radius 1 is 1.00 bits per heavy atom. The summed E-state index contributed by atoms with van der Waals surface area (Å²) < 4.78 is 5.17. The summed E-state index contributed by atoms with van der Waals surface area (Å²) in [7, 11) is 1.70. The van der Waals surface area contributed by atoms with Crippen molar-refractivity contribution >= 4 is 15.9 Å². The van der Waals surface area contributed by atoms with Gasteiger partial charge in [-0.1, -0.05) is 57.9 Å². The zero-order valence-corrected chi connectivity index (χ0v) is 13.0. The number of hydrogen-bond acceptors (Lipinski definition) is 1. The van der Waals surface area contributed by atoms with E-state index in [0.717, 1.165) is 18.6 Å². The minimum atomic E-state index is 0.412. The van der Waals surface area contributed by atoms with Gasteiger partial charge < -0.3 is 4.74 Å². The molecule has 0 saturated heterocycles. The van der Waals surface area contributed by atoms with Crippen LogP contribution in [0.4, 0.5) is 0 Å². The largest absolute Gasteiger partial charge is 0.497 e. The van der Waals surface area contributed by atoms with E-state index in [-0.39, 0.29) is 0 Å². The van der Waals surface area contributed by atoms with Crippen LogP contribution in [-0.2, 0) is 6.42 Å². The van der Waals surface area contributed by atoms with E-state index in [1.165, 1.54) is 16.7 Å². The number of hydrogen-bond donors (Lipinski definition) is 0. The lowest BCUT2D eigenvalue weighted by molar-refractivity contribution is 0.414. The summed E-state index contributed by atoms with van der Waals surface area (Å²) in [5.41, 5.74) is 4.00. The molecule has 0 spiro atoms. The monoisotopic (exact) mass is 318 g/mol. The summed E-state index contributed by atoms with van der Waals surface area (Å²) in [5, 5.41) is 0. The van der Waals surface area contributed by atoms with Gasteiger partial charge in [0.25, 0.3) is 0 Å². The smallest absolute Gasteiger partial charge is 0.118 e. The second-order valence-corrected chi connectivity index (χ2v) is 5.87. The van der Waals surface area contributed by atoms with Gasteiger partial charge in [-0.15, -0.1) is 0 Å². The SMILES string of the molecule is COc1ccc(CCC(Br)c2ccc(C)cc2)cc1. The van der Waals surface area contributed by atoms with Gasteiger partial charge in [0.15, 0.2) is 0 Å². The molecule has 2 heteroatoms. The fraction of sp³-hybridized carbons (Fsp3) is 0.294. The first-order chi connectivity index (χ1) is 9.19. The third kappa shape index (κ3) is 4.10. The predicted octanol–water partition coefficient (Wildman–Crippen LogP) is 5.07. The molecule has 19 heavy (non-hydrogen) atoms. The van der Waals surface area contributed by atoms with Gasteiger partial charge in [-0.05, 0) is 43.0 Å². The van der Waals surface area contributed by atoms with Crippen LogP contribution in [0, 0.1) is 6.92 Å². The summed E-state index contributed by atoms with van der Waals surface area (Å²) in [5.74, 6) is 0.915. The lowest BCUT2D eigenvalue weighted by atomic mass is 10.0. The standard InChI is InChI=1S/C17H19BrO/c1-13-3-8-15(9-4-13)17(18)12-7-14-5-10-16(19-2)11-6-14/h3-6,8-11,17H,7,12H2,1-2H3. The van der Waals surface area contributed by atoms with Gasteiger partial charge in [0, 0.05) is 4.83 Å². The van der Waals surface area contributed by atoms with Crippen molar-refractivity contribution < 1.29 is 4.74 Å². The maximum Gasteiger partial charge on any atom is 0.118 e. The van der Waals surface area contributed by atoms with E-state index in [4.69, 9.17) is 4.74 Å². The van der Waals surface area contributed by atoms with Crippen LogP contribution in [0.15, 0.2) is 48.5 Å². The van der Waals surface area contributed by atoms with E-state index >= 15 is 0 Å². The number of methoxy groups -OCH3 is 1. The minimum Gasteiger partial charge on any atom is -0.497 e. The Hall–Kier alpha value is -1.28. The summed E-state index contributed by atoms with van der Waals surface area (Å²) in [4.78, 5) is 0.412. The van der Waals surface area contributed by atoms with Crippen LogP contribution in [0.5, 0.6) is 5.75 Å². The Kier molecular flexibility index (Phi) is 5.03. The molecule has 0 radical (unpaired) electrons. The first kappa shape index (κ1) is 14.1. The summed E-state index contributed by atoms with van der Waals surface area (Å²) in [6.07, 6.45) is 2.16. The maximum absolute atomic E-state index is 5.17. The van der Waals surface area contributed by atoms with Gasteiger partial charge in [-0.2, -0.15) is 0 Å². The highest BCUT2D eigenvalue weighted by Gasteiger charge is 2.07. The van der Waals surface area contributed by atoms with E-state index in [2.05, 4.69) is 59.3 Å². The Labute approximate surface area is 123 Å². The fourth-order valence-electron chi connectivity index (χ4n) is 2.03. The maximum atomic E-state index is 5.17. The van der Waals surface area contributed by atoms with Crippen LogP contribution in [0.2, 0.25) is 0 Å². The number of halogens is 1. The van der Waals surface area contributed by atoms with Crippen molar-refractivity contribution in [3.8, 4) is 5.75 Å². The van der Waals surface area contributed by atoms with Gasteiger partial charge in [0.1, 0.15) is 5.75 Å². The third-order valence-corrected chi connectivity index (χ3v) is 4.27. The third-order valence-electron chi connectivity index (χ3n) is 3.28. The van der Waals surface area contributed by atoms with Crippen molar-refractivity contribution in [2.24, 2.45) is 0 Å². The molecule has 0 N–H and O–H groups in total. The van der Waals surface area contributed by atoms with Crippen molar-refractivity contribution in [3.05, 3.63) is 65.2 Å². The molecule has 1 nitrogen and oxygen atoms in total. The van der Waals surface area contributed by atoms with E-state index in [0.29, 0.717) is 4.83 Å². The number of rotatable bonds is 5. The highest BCUT2D eigenvalue weighted by Crippen LogP contribution is 2.28. The fourth-order valence-corrected chi connectivity index (χ4v) is 2.56. The van der Waals surface area contributed by atoms with Crippen molar-refractivity contribution in [3.63, 3.8) is 0 Å². The zero-order chi connectivity index (χ0) is 13.7. The second-order valence-electron chi connectivity index (χ2n) is 4.76. The first-order valence-corrected chi connectivity index (χ1v) is 7.44. The average Bonchev–Trinajstić information content (AvgIpc) is 2.46. The second kappa shape index (κ2) is 6.76. The number of benzene rings is 2. The average molecular weight is 319 g/mol.